The van der Waals surface area contributed by atoms with Gasteiger partial charge in [0.15, 0.2) is 6.23 Å². The fraction of sp³-hybridized carbons (Fsp3) is 0.714. The van der Waals surface area contributed by atoms with E-state index >= 15 is 0 Å². The van der Waals surface area contributed by atoms with E-state index in [1.807, 2.05) is 6.92 Å². The van der Waals surface area contributed by atoms with Crippen molar-refractivity contribution >= 4 is 30.8 Å². The van der Waals surface area contributed by atoms with Crippen LogP contribution in [0, 0.1) is 3.57 Å². The monoisotopic (exact) mass is 503 g/mol. The van der Waals surface area contributed by atoms with Crippen molar-refractivity contribution in [2.24, 2.45) is 0 Å². The third-order valence-electron chi connectivity index (χ3n) is 4.25. The van der Waals surface area contributed by atoms with Crippen molar-refractivity contribution in [3.8, 4) is 0 Å². The van der Waals surface area contributed by atoms with E-state index in [4.69, 9.17) is 14.2 Å². The summed E-state index contributed by atoms with van der Waals surface area (Å²) in [4.78, 5) is 34.7. The van der Waals surface area contributed by atoms with Crippen LogP contribution >= 0.6 is 30.8 Å². The van der Waals surface area contributed by atoms with E-state index in [0.717, 1.165) is 4.57 Å². The Hall–Kier alpha value is -0.690. The molecule has 0 aromatic carbocycles. The van der Waals surface area contributed by atoms with Crippen molar-refractivity contribution in [2.45, 2.75) is 63.3 Å². The van der Waals surface area contributed by atoms with Gasteiger partial charge in [0.25, 0.3) is 5.56 Å². The molecule has 12 heteroatoms. The van der Waals surface area contributed by atoms with Gasteiger partial charge in [0.1, 0.15) is 17.8 Å². The lowest BCUT2D eigenvalue weighted by atomic mass is 9.91. The fourth-order valence-corrected chi connectivity index (χ4v) is 4.08. The maximum Gasteiger partial charge on any atom is 0.695 e. The summed E-state index contributed by atoms with van der Waals surface area (Å²) >= 11 is 1.73. The molecule has 1 fully saturated rings. The molecule has 0 radical (unpaired) electrons. The van der Waals surface area contributed by atoms with Crippen LogP contribution < -0.4 is 11.2 Å². The van der Waals surface area contributed by atoms with Gasteiger partial charge in [0, 0.05) is 17.2 Å². The van der Waals surface area contributed by atoms with Crippen molar-refractivity contribution in [1.82, 2.24) is 9.55 Å². The summed E-state index contributed by atoms with van der Waals surface area (Å²) in [5, 5.41) is 20.6. The normalized spacial score (nSPS) is 28.8. The second-order valence-electron chi connectivity index (χ2n) is 6.42. The molecule has 0 bridgehead atoms. The van der Waals surface area contributed by atoms with Gasteiger partial charge in [-0.2, -0.15) is 0 Å². The molecule has 4 N–H and O–H groups in total. The molecule has 6 atom stereocenters. The van der Waals surface area contributed by atoms with E-state index in [2.05, 4.69) is 4.98 Å². The van der Waals surface area contributed by atoms with Crippen molar-refractivity contribution in [2.75, 3.05) is 0 Å². The number of H-pyrrole nitrogens is 1. The molecule has 2 heterocycles. The zero-order chi connectivity index (χ0) is 19.6. The average Bonchev–Trinajstić information content (AvgIpc) is 2.78. The molecule has 0 aliphatic carbocycles. The van der Waals surface area contributed by atoms with Gasteiger partial charge in [-0.3, -0.25) is 14.3 Å². The van der Waals surface area contributed by atoms with Crippen LogP contribution in [0.15, 0.2) is 15.8 Å². The van der Waals surface area contributed by atoms with Crippen molar-refractivity contribution in [1.29, 1.82) is 0 Å². The van der Waals surface area contributed by atoms with Crippen molar-refractivity contribution in [3.63, 3.8) is 0 Å². The van der Waals surface area contributed by atoms with Crippen molar-refractivity contribution in [3.05, 3.63) is 30.6 Å². The number of aliphatic hydroxyl groups excluding tert-OH is 2. The molecule has 0 saturated carbocycles. The molecule has 1 aromatic rings. The lowest BCUT2D eigenvalue weighted by Crippen LogP contribution is -2.39. The van der Waals surface area contributed by atoms with Gasteiger partial charge < -0.3 is 14.9 Å². The molecule has 26 heavy (non-hydrogen) atoms. The summed E-state index contributed by atoms with van der Waals surface area (Å²) in [5.74, 6) is 0. The van der Waals surface area contributed by atoms with Crippen LogP contribution in [0.3, 0.4) is 0 Å². The molecule has 1 aliphatic heterocycles. The Morgan fingerprint density at radius 3 is 2.65 bits per heavy atom. The number of ether oxygens (including phenoxy) is 1. The van der Waals surface area contributed by atoms with Crippen LogP contribution in [0.1, 0.15) is 39.3 Å². The Kier molecular flexibility index (Phi) is 7.10. The van der Waals surface area contributed by atoms with Gasteiger partial charge in [-0.05, 0) is 35.9 Å². The molecule has 0 spiro atoms. The first kappa shape index (κ1) is 21.6. The third kappa shape index (κ3) is 4.77. The SMILES string of the molecule is CCCC(C)(CC1OC(n2cc(I)c(=O)[nH]c2=O)C(O)C1O)O[P+](=O)O. The molecular weight excluding hydrogens is 482 g/mol. The van der Waals surface area contributed by atoms with E-state index in [-0.39, 0.29) is 9.99 Å². The van der Waals surface area contributed by atoms with Gasteiger partial charge in [-0.25, -0.2) is 4.79 Å². The topological polar surface area (TPSA) is 151 Å². The van der Waals surface area contributed by atoms with E-state index in [0.29, 0.717) is 12.8 Å². The van der Waals surface area contributed by atoms with Crippen LogP contribution in [0.25, 0.3) is 0 Å². The minimum absolute atomic E-state index is 0.0341. The Labute approximate surface area is 163 Å². The summed E-state index contributed by atoms with van der Waals surface area (Å²) < 4.78 is 23.1. The van der Waals surface area contributed by atoms with E-state index in [9.17, 15) is 24.4 Å². The number of halogens is 1. The van der Waals surface area contributed by atoms with Crippen LogP contribution in [0.2, 0.25) is 0 Å². The largest absolute Gasteiger partial charge is 0.695 e. The number of nitrogens with one attached hydrogen (secondary N) is 1. The number of nitrogens with zero attached hydrogens (tertiary/aromatic N) is 1. The zero-order valence-electron chi connectivity index (χ0n) is 14.2. The lowest BCUT2D eigenvalue weighted by molar-refractivity contribution is -0.0677. The van der Waals surface area contributed by atoms with Crippen molar-refractivity contribution < 1.29 is 28.9 Å². The van der Waals surface area contributed by atoms with Gasteiger partial charge in [0.2, 0.25) is 0 Å². The standard InChI is InChI=1S/C14H20IN2O8P/c1-3-4-14(2,25-26(22)23)5-8-9(18)10(19)12(24-8)17-6-7(15)11(20)16-13(17)21/h6,8-10,12,18-19H,3-5H2,1-2H3,(H-,16,20,21,22,23)/p+1. The smallest absolute Gasteiger partial charge is 0.388 e. The van der Waals surface area contributed by atoms with Gasteiger partial charge in [-0.1, -0.05) is 13.3 Å². The maximum absolute atomic E-state index is 12.0. The summed E-state index contributed by atoms with van der Waals surface area (Å²) in [7, 11) is -2.86. The van der Waals surface area contributed by atoms with Crippen LogP contribution in [-0.2, 0) is 13.8 Å². The Morgan fingerprint density at radius 1 is 1.42 bits per heavy atom. The van der Waals surface area contributed by atoms with Crippen LogP contribution in [0.4, 0.5) is 0 Å². The van der Waals surface area contributed by atoms with Gasteiger partial charge in [0.05, 0.1) is 9.67 Å². The fourth-order valence-electron chi connectivity index (χ4n) is 3.11. The predicted molar refractivity (Wildman–Crippen MR) is 98.8 cm³/mol. The quantitative estimate of drug-likeness (QED) is 0.308. The average molecular weight is 503 g/mol. The summed E-state index contributed by atoms with van der Waals surface area (Å²) in [5.41, 5.74) is -2.40. The van der Waals surface area contributed by atoms with Gasteiger partial charge >= 0.3 is 13.9 Å². The van der Waals surface area contributed by atoms with Gasteiger partial charge in [-0.15, -0.1) is 9.42 Å². The molecule has 1 aliphatic rings. The molecular formula is C14H21IN2O8P+. The molecule has 2 rings (SSSR count). The number of aliphatic hydroxyl groups is 2. The number of rotatable bonds is 7. The number of aromatic amines is 1. The highest BCUT2D eigenvalue weighted by atomic mass is 127. The predicted octanol–water partition coefficient (Wildman–Crippen LogP) is 0.376. The summed E-state index contributed by atoms with van der Waals surface area (Å²) in [6.45, 7) is 3.49. The molecule has 1 aromatic heterocycles. The Balaban J connectivity index is 2.26. The molecule has 6 unspecified atom stereocenters. The molecule has 146 valence electrons. The Bertz CT molecular complexity index is 783. The maximum atomic E-state index is 12.0. The number of hydrogen-bond donors (Lipinski definition) is 4. The summed E-state index contributed by atoms with van der Waals surface area (Å²) in [6.07, 6.45) is -2.55. The van der Waals surface area contributed by atoms with Crippen LogP contribution in [-0.4, -0.2) is 48.6 Å². The highest BCUT2D eigenvalue weighted by molar-refractivity contribution is 14.1. The lowest BCUT2D eigenvalue weighted by Gasteiger charge is -2.26. The van der Waals surface area contributed by atoms with Crippen LogP contribution in [0.5, 0.6) is 0 Å². The zero-order valence-corrected chi connectivity index (χ0v) is 17.2. The first-order chi connectivity index (χ1) is 12.1. The first-order valence-electron chi connectivity index (χ1n) is 7.96. The summed E-state index contributed by atoms with van der Waals surface area (Å²) in [6, 6.07) is 0. The molecule has 10 nitrogen and oxygen atoms in total. The van der Waals surface area contributed by atoms with E-state index in [1.165, 1.54) is 6.20 Å². The second-order valence-corrected chi connectivity index (χ2v) is 8.24. The molecule has 0 amide bonds. The first-order valence-corrected chi connectivity index (χ1v) is 10.2. The Morgan fingerprint density at radius 2 is 2.08 bits per heavy atom. The molecule has 1 saturated heterocycles. The highest BCUT2D eigenvalue weighted by Crippen LogP contribution is 2.39. The number of hydrogen-bond acceptors (Lipinski definition) is 7. The third-order valence-corrected chi connectivity index (χ3v) is 5.61. The highest BCUT2D eigenvalue weighted by Gasteiger charge is 2.48. The minimum atomic E-state index is -2.86. The second kappa shape index (κ2) is 8.55. The minimum Gasteiger partial charge on any atom is -0.388 e. The number of aromatic nitrogens is 2. The van der Waals surface area contributed by atoms with E-state index in [1.54, 1.807) is 29.5 Å². The van der Waals surface area contributed by atoms with E-state index < -0.39 is 49.6 Å².